The number of sulfonamides is 1. The van der Waals surface area contributed by atoms with Gasteiger partial charge in [0.25, 0.3) is 0 Å². The summed E-state index contributed by atoms with van der Waals surface area (Å²) in [7, 11) is -3.37. The van der Waals surface area contributed by atoms with Gasteiger partial charge >= 0.3 is 5.97 Å². The van der Waals surface area contributed by atoms with E-state index in [-0.39, 0.29) is 24.0 Å². The molecule has 0 aliphatic carbocycles. The lowest BCUT2D eigenvalue weighted by Crippen LogP contribution is -2.46. The highest BCUT2D eigenvalue weighted by Gasteiger charge is 2.29. The summed E-state index contributed by atoms with van der Waals surface area (Å²) in [5.74, 6) is -1.61. The number of ether oxygens (including phenoxy) is 1. The molecule has 2 aromatic rings. The number of Topliss-reactive ketones (excluding diaryl/α,β-unsaturated/α-hetero) is 1. The molecule has 8 nitrogen and oxygen atoms in total. The van der Waals surface area contributed by atoms with Gasteiger partial charge in [0.05, 0.1) is 17.9 Å². The van der Waals surface area contributed by atoms with Crippen LogP contribution >= 0.6 is 0 Å². The normalized spacial score (nSPS) is 13.9. The molecule has 0 aromatic heterocycles. The Kier molecular flexibility index (Phi) is 8.09. The predicted molar refractivity (Wildman–Crippen MR) is 129 cm³/mol. The number of ketones is 1. The van der Waals surface area contributed by atoms with E-state index in [0.717, 1.165) is 11.1 Å². The summed E-state index contributed by atoms with van der Waals surface area (Å²) in [4.78, 5) is 37.6. The monoisotopic (exact) mass is 486 g/mol. The molecule has 1 amide bonds. The van der Waals surface area contributed by atoms with Gasteiger partial charge < -0.3 is 10.1 Å². The SMILES string of the molecule is CCS(=O)(=O)N1CCc2cc(C(=O)COC(=O)C(NC(=O)Cc3ccccc3)C(C)C)ccc21. The second-order valence-corrected chi connectivity index (χ2v) is 10.7. The van der Waals surface area contributed by atoms with E-state index in [1.807, 2.05) is 30.3 Å². The van der Waals surface area contributed by atoms with E-state index in [1.165, 1.54) is 4.31 Å². The first-order valence-corrected chi connectivity index (χ1v) is 12.9. The zero-order chi connectivity index (χ0) is 24.9. The summed E-state index contributed by atoms with van der Waals surface area (Å²) >= 11 is 0. The van der Waals surface area contributed by atoms with Crippen LogP contribution in [0.5, 0.6) is 0 Å². The Labute approximate surface area is 200 Å². The van der Waals surface area contributed by atoms with Crippen LogP contribution in [0.25, 0.3) is 0 Å². The first-order valence-electron chi connectivity index (χ1n) is 11.3. The largest absolute Gasteiger partial charge is 0.456 e. The van der Waals surface area contributed by atoms with Crippen LogP contribution < -0.4 is 9.62 Å². The van der Waals surface area contributed by atoms with Gasteiger partial charge in [0.1, 0.15) is 6.04 Å². The molecule has 0 saturated heterocycles. The van der Waals surface area contributed by atoms with E-state index in [2.05, 4.69) is 5.32 Å². The number of nitrogens with one attached hydrogen (secondary N) is 1. The van der Waals surface area contributed by atoms with Crippen molar-refractivity contribution in [3.8, 4) is 0 Å². The summed E-state index contributed by atoms with van der Waals surface area (Å²) in [5, 5.41) is 2.70. The van der Waals surface area contributed by atoms with Gasteiger partial charge in [0.2, 0.25) is 15.9 Å². The number of rotatable bonds is 10. The van der Waals surface area contributed by atoms with Crippen LogP contribution in [-0.2, 0) is 37.2 Å². The van der Waals surface area contributed by atoms with Crippen LogP contribution in [-0.4, -0.2) is 51.0 Å². The Hall–Kier alpha value is -3.20. The minimum Gasteiger partial charge on any atom is -0.456 e. The van der Waals surface area contributed by atoms with Gasteiger partial charge in [-0.1, -0.05) is 44.2 Å². The molecule has 1 atom stereocenters. The third-order valence-electron chi connectivity index (χ3n) is 5.75. The van der Waals surface area contributed by atoms with Gasteiger partial charge in [-0.05, 0) is 48.6 Å². The first-order chi connectivity index (χ1) is 16.1. The summed E-state index contributed by atoms with van der Waals surface area (Å²) < 4.78 is 31.1. The molecular formula is C25H30N2O6S. The Balaban J connectivity index is 1.60. The fourth-order valence-electron chi connectivity index (χ4n) is 3.80. The Bertz CT molecular complexity index is 1160. The average Bonchev–Trinajstić information content (AvgIpc) is 3.25. The van der Waals surface area contributed by atoms with E-state index in [9.17, 15) is 22.8 Å². The molecule has 0 saturated carbocycles. The van der Waals surface area contributed by atoms with E-state index < -0.39 is 34.4 Å². The quantitative estimate of drug-likeness (QED) is 0.408. The summed E-state index contributed by atoms with van der Waals surface area (Å²) in [6.07, 6.45) is 0.647. The van der Waals surface area contributed by atoms with Crippen molar-refractivity contribution in [2.24, 2.45) is 5.92 Å². The van der Waals surface area contributed by atoms with E-state index in [4.69, 9.17) is 4.74 Å². The van der Waals surface area contributed by atoms with Gasteiger partial charge in [-0.15, -0.1) is 0 Å². The van der Waals surface area contributed by atoms with Crippen LogP contribution in [0.15, 0.2) is 48.5 Å². The minimum absolute atomic E-state index is 0.00196. The minimum atomic E-state index is -3.37. The average molecular weight is 487 g/mol. The Morgan fingerprint density at radius 1 is 1.09 bits per heavy atom. The summed E-state index contributed by atoms with van der Waals surface area (Å²) in [5.41, 5.74) is 2.52. The highest BCUT2D eigenvalue weighted by atomic mass is 32.2. The molecule has 0 fully saturated rings. The third-order valence-corrected chi connectivity index (χ3v) is 7.53. The highest BCUT2D eigenvalue weighted by Crippen LogP contribution is 2.31. The lowest BCUT2D eigenvalue weighted by Gasteiger charge is -2.21. The molecule has 3 rings (SSSR count). The van der Waals surface area contributed by atoms with Crippen molar-refractivity contribution in [3.63, 3.8) is 0 Å². The smallest absolute Gasteiger partial charge is 0.329 e. The fraction of sp³-hybridized carbons (Fsp3) is 0.400. The first kappa shape index (κ1) is 25.4. The summed E-state index contributed by atoms with van der Waals surface area (Å²) in [6.45, 7) is 5.04. The van der Waals surface area contributed by atoms with Crippen molar-refractivity contribution in [2.75, 3.05) is 23.2 Å². The van der Waals surface area contributed by atoms with Crippen molar-refractivity contribution in [1.82, 2.24) is 5.32 Å². The molecule has 0 spiro atoms. The van der Waals surface area contributed by atoms with Crippen LogP contribution in [0, 0.1) is 5.92 Å². The van der Waals surface area contributed by atoms with Gasteiger partial charge in [0.15, 0.2) is 12.4 Å². The molecule has 1 N–H and O–H groups in total. The number of esters is 1. The number of amides is 1. The van der Waals surface area contributed by atoms with Crippen molar-refractivity contribution in [3.05, 3.63) is 65.2 Å². The molecular weight excluding hydrogens is 456 g/mol. The maximum absolute atomic E-state index is 12.6. The topological polar surface area (TPSA) is 110 Å². The van der Waals surface area contributed by atoms with Gasteiger partial charge in [-0.25, -0.2) is 13.2 Å². The second kappa shape index (κ2) is 10.8. The maximum atomic E-state index is 12.6. The zero-order valence-electron chi connectivity index (χ0n) is 19.6. The molecule has 1 aliphatic heterocycles. The molecule has 1 unspecified atom stereocenters. The van der Waals surface area contributed by atoms with Gasteiger partial charge in [-0.2, -0.15) is 0 Å². The lowest BCUT2D eigenvalue weighted by molar-refractivity contribution is -0.148. The van der Waals surface area contributed by atoms with Crippen molar-refractivity contribution in [2.45, 2.75) is 39.7 Å². The molecule has 9 heteroatoms. The Morgan fingerprint density at radius 2 is 1.79 bits per heavy atom. The van der Waals surface area contributed by atoms with Gasteiger partial charge in [-0.3, -0.25) is 13.9 Å². The molecule has 0 radical (unpaired) electrons. The van der Waals surface area contributed by atoms with E-state index in [0.29, 0.717) is 24.2 Å². The standard InChI is InChI=1S/C25H30N2O6S/c1-4-34(31,32)27-13-12-19-15-20(10-11-21(19)27)22(28)16-33-25(30)24(17(2)3)26-23(29)14-18-8-6-5-7-9-18/h5-11,15,17,24H,4,12-14,16H2,1-3H3,(H,26,29). The number of benzene rings is 2. The molecule has 1 heterocycles. The van der Waals surface area contributed by atoms with Crippen LogP contribution in [0.1, 0.15) is 42.3 Å². The predicted octanol–water partition coefficient (Wildman–Crippen LogP) is 2.51. The lowest BCUT2D eigenvalue weighted by atomic mass is 10.0. The van der Waals surface area contributed by atoms with Crippen LogP contribution in [0.3, 0.4) is 0 Å². The fourth-order valence-corrected chi connectivity index (χ4v) is 4.96. The number of carbonyl (C=O) groups is 3. The molecule has 34 heavy (non-hydrogen) atoms. The number of carbonyl (C=O) groups excluding carboxylic acids is 3. The molecule has 182 valence electrons. The van der Waals surface area contributed by atoms with E-state index >= 15 is 0 Å². The van der Waals surface area contributed by atoms with Crippen LogP contribution in [0.4, 0.5) is 5.69 Å². The van der Waals surface area contributed by atoms with Crippen molar-refractivity contribution in [1.29, 1.82) is 0 Å². The molecule has 2 aromatic carbocycles. The maximum Gasteiger partial charge on any atom is 0.329 e. The molecule has 0 bridgehead atoms. The number of hydrogen-bond donors (Lipinski definition) is 1. The van der Waals surface area contributed by atoms with E-state index in [1.54, 1.807) is 39.0 Å². The van der Waals surface area contributed by atoms with Gasteiger partial charge in [0, 0.05) is 12.1 Å². The van der Waals surface area contributed by atoms with Crippen molar-refractivity contribution < 1.29 is 27.5 Å². The Morgan fingerprint density at radius 3 is 2.44 bits per heavy atom. The summed E-state index contributed by atoms with van der Waals surface area (Å²) in [6, 6.07) is 13.1. The number of hydrogen-bond acceptors (Lipinski definition) is 6. The molecule has 1 aliphatic rings. The number of anilines is 1. The number of nitrogens with zero attached hydrogens (tertiary/aromatic N) is 1. The second-order valence-electron chi connectivity index (χ2n) is 8.55. The highest BCUT2D eigenvalue weighted by molar-refractivity contribution is 7.92. The third kappa shape index (κ3) is 6.02. The number of fused-ring (bicyclic) bond motifs is 1. The zero-order valence-corrected chi connectivity index (χ0v) is 20.4. The van der Waals surface area contributed by atoms with Crippen molar-refractivity contribution >= 4 is 33.4 Å². The van der Waals surface area contributed by atoms with Crippen LogP contribution in [0.2, 0.25) is 0 Å².